The van der Waals surface area contributed by atoms with Gasteiger partial charge in [-0.3, -0.25) is 0 Å². The van der Waals surface area contributed by atoms with Crippen molar-refractivity contribution in [2.24, 2.45) is 5.73 Å². The van der Waals surface area contributed by atoms with Crippen LogP contribution in [-0.4, -0.2) is 83.5 Å². The summed E-state index contributed by atoms with van der Waals surface area (Å²) in [4.78, 5) is 10.8. The normalized spacial score (nSPS) is 35.3. The number of nitrogens with two attached hydrogens (primary N) is 1. The van der Waals surface area contributed by atoms with Crippen LogP contribution in [0.15, 0.2) is 0 Å². The molecular weight excluding hydrogens is 262 g/mol. The molecule has 0 unspecified atom stereocenters. The molecule has 0 aliphatic carbocycles. The molecule has 0 bridgehead atoms. The molecule has 0 saturated carbocycles. The van der Waals surface area contributed by atoms with Gasteiger partial charge in [0.1, 0.15) is 18.3 Å². The number of carbonyl (C=O) groups is 1. The van der Waals surface area contributed by atoms with Crippen LogP contribution >= 0.6 is 0 Å². The van der Waals surface area contributed by atoms with E-state index in [1.165, 1.54) is 0 Å². The monoisotopic (exact) mass is 281 g/mol. The lowest BCUT2D eigenvalue weighted by atomic mass is 9.99. The van der Waals surface area contributed by atoms with Crippen LogP contribution in [0.25, 0.3) is 0 Å². The topological polar surface area (TPSA) is 152 Å². The summed E-state index contributed by atoms with van der Waals surface area (Å²) in [5.74, 6) is -1.45. The van der Waals surface area contributed by atoms with E-state index in [4.69, 9.17) is 25.1 Å². The van der Waals surface area contributed by atoms with Gasteiger partial charge in [0.25, 0.3) is 0 Å². The zero-order valence-electron chi connectivity index (χ0n) is 10.2. The molecule has 1 heterocycles. The van der Waals surface area contributed by atoms with Crippen LogP contribution in [0.2, 0.25) is 0 Å². The summed E-state index contributed by atoms with van der Waals surface area (Å²) < 4.78 is 15.0. The van der Waals surface area contributed by atoms with Gasteiger partial charge >= 0.3 is 5.97 Å². The number of aliphatic carboxylic acids is 1. The molecule has 9 nitrogen and oxygen atoms in total. The van der Waals surface area contributed by atoms with Gasteiger partial charge in [0, 0.05) is 6.54 Å². The summed E-state index contributed by atoms with van der Waals surface area (Å²) in [6, 6.07) is 0. The molecule has 0 aromatic rings. The lowest BCUT2D eigenvalue weighted by molar-refractivity contribution is -0.295. The molecule has 19 heavy (non-hydrogen) atoms. The molecule has 1 rings (SSSR count). The number of rotatable bonds is 7. The van der Waals surface area contributed by atoms with Crippen LogP contribution in [0.5, 0.6) is 0 Å². The zero-order valence-corrected chi connectivity index (χ0v) is 10.2. The van der Waals surface area contributed by atoms with Crippen molar-refractivity contribution >= 4 is 5.97 Å². The predicted molar refractivity (Wildman–Crippen MR) is 60.1 cm³/mol. The molecule has 112 valence electrons. The zero-order chi connectivity index (χ0) is 14.4. The Kier molecular flexibility index (Phi) is 6.58. The van der Waals surface area contributed by atoms with Crippen LogP contribution in [0.1, 0.15) is 0 Å². The van der Waals surface area contributed by atoms with Crippen molar-refractivity contribution in [1.29, 1.82) is 0 Å². The molecule has 1 fully saturated rings. The van der Waals surface area contributed by atoms with Gasteiger partial charge in [-0.15, -0.1) is 0 Å². The maximum Gasteiger partial charge on any atom is 0.335 e. The van der Waals surface area contributed by atoms with Crippen LogP contribution in [0, 0.1) is 0 Å². The van der Waals surface area contributed by atoms with E-state index in [9.17, 15) is 20.1 Å². The van der Waals surface area contributed by atoms with E-state index in [-0.39, 0.29) is 13.2 Å². The van der Waals surface area contributed by atoms with Crippen molar-refractivity contribution in [2.75, 3.05) is 26.4 Å². The Morgan fingerprint density at radius 3 is 2.37 bits per heavy atom. The molecule has 9 heteroatoms. The highest BCUT2D eigenvalue weighted by Gasteiger charge is 2.47. The first-order valence-corrected chi connectivity index (χ1v) is 5.81. The second-order valence-corrected chi connectivity index (χ2v) is 4.01. The third-order valence-electron chi connectivity index (χ3n) is 2.58. The van der Waals surface area contributed by atoms with Crippen LogP contribution < -0.4 is 5.73 Å². The smallest absolute Gasteiger partial charge is 0.335 e. The van der Waals surface area contributed by atoms with Gasteiger partial charge in [0.05, 0.1) is 19.8 Å². The summed E-state index contributed by atoms with van der Waals surface area (Å²) in [6.45, 7) is 0.905. The molecule has 0 radical (unpaired) electrons. The Bertz CT molecular complexity index is 289. The second kappa shape index (κ2) is 7.70. The Balaban J connectivity index is 2.45. The fourth-order valence-corrected chi connectivity index (χ4v) is 1.60. The van der Waals surface area contributed by atoms with Crippen molar-refractivity contribution in [2.45, 2.75) is 30.7 Å². The maximum atomic E-state index is 10.8. The predicted octanol–water partition coefficient (Wildman–Crippen LogP) is -3.13. The average Bonchev–Trinajstić information content (AvgIpc) is 2.37. The number of aliphatic hydroxyl groups excluding tert-OH is 3. The largest absolute Gasteiger partial charge is 0.479 e. The maximum absolute atomic E-state index is 10.8. The number of ether oxygens (including phenoxy) is 3. The summed E-state index contributed by atoms with van der Waals surface area (Å²) in [5.41, 5.74) is 5.20. The van der Waals surface area contributed by atoms with Gasteiger partial charge in [-0.1, -0.05) is 0 Å². The highest BCUT2D eigenvalue weighted by molar-refractivity contribution is 5.73. The molecule has 0 aromatic heterocycles. The molecule has 1 aliphatic rings. The van der Waals surface area contributed by atoms with Crippen molar-refractivity contribution in [3.63, 3.8) is 0 Å². The fraction of sp³-hybridized carbons (Fsp3) is 0.900. The second-order valence-electron chi connectivity index (χ2n) is 4.01. The Morgan fingerprint density at radius 1 is 1.11 bits per heavy atom. The number of aliphatic hydroxyl groups is 3. The van der Waals surface area contributed by atoms with E-state index in [0.717, 1.165) is 0 Å². The van der Waals surface area contributed by atoms with Crippen molar-refractivity contribution in [1.82, 2.24) is 0 Å². The summed E-state index contributed by atoms with van der Waals surface area (Å²) >= 11 is 0. The van der Waals surface area contributed by atoms with Gasteiger partial charge in [0.2, 0.25) is 0 Å². The third kappa shape index (κ3) is 4.35. The molecule has 1 saturated heterocycles. The molecule has 0 aromatic carbocycles. The summed E-state index contributed by atoms with van der Waals surface area (Å²) in [6.07, 6.45) is -7.93. The van der Waals surface area contributed by atoms with E-state index >= 15 is 0 Å². The Labute approximate surface area is 109 Å². The quantitative estimate of drug-likeness (QED) is 0.305. The molecule has 6 N–H and O–H groups in total. The molecular formula is C10H19NO8. The molecule has 0 amide bonds. The first-order chi connectivity index (χ1) is 8.99. The minimum absolute atomic E-state index is 0.0247. The number of carboxylic acids is 1. The molecule has 5 atom stereocenters. The van der Waals surface area contributed by atoms with Crippen LogP contribution in [-0.2, 0) is 19.0 Å². The van der Waals surface area contributed by atoms with Gasteiger partial charge in [0.15, 0.2) is 12.4 Å². The van der Waals surface area contributed by atoms with E-state index < -0.39 is 36.7 Å². The highest BCUT2D eigenvalue weighted by Crippen LogP contribution is 2.22. The first-order valence-electron chi connectivity index (χ1n) is 5.81. The van der Waals surface area contributed by atoms with E-state index in [2.05, 4.69) is 0 Å². The van der Waals surface area contributed by atoms with E-state index in [1.807, 2.05) is 0 Å². The van der Waals surface area contributed by atoms with E-state index in [1.54, 1.807) is 0 Å². The highest BCUT2D eigenvalue weighted by atomic mass is 16.7. The van der Waals surface area contributed by atoms with Gasteiger partial charge in [-0.2, -0.15) is 0 Å². The standard InChI is InChI=1S/C10H19NO8/c11-1-2-17-3-4-18-10-7(14)5(12)6(13)8(19-10)9(15)16/h5-8,10,12-14H,1-4,11H2,(H,15,16)/t5-,6-,7+,8+,10+/m0/s1. The lowest BCUT2D eigenvalue weighted by Gasteiger charge is -2.38. The minimum atomic E-state index is -1.72. The van der Waals surface area contributed by atoms with Crippen molar-refractivity contribution < 1.29 is 39.4 Å². The minimum Gasteiger partial charge on any atom is -0.479 e. The average molecular weight is 281 g/mol. The Hall–Kier alpha value is -0.810. The summed E-state index contributed by atoms with van der Waals surface area (Å²) in [7, 11) is 0. The number of carboxylic acid groups (broad SMARTS) is 1. The Morgan fingerprint density at radius 2 is 1.79 bits per heavy atom. The van der Waals surface area contributed by atoms with Gasteiger partial charge in [-0.25, -0.2) is 4.79 Å². The van der Waals surface area contributed by atoms with Gasteiger partial charge in [-0.05, 0) is 0 Å². The fourth-order valence-electron chi connectivity index (χ4n) is 1.60. The molecule has 1 aliphatic heterocycles. The summed E-state index contributed by atoms with van der Waals surface area (Å²) in [5, 5.41) is 37.3. The van der Waals surface area contributed by atoms with Crippen molar-refractivity contribution in [3.8, 4) is 0 Å². The third-order valence-corrected chi connectivity index (χ3v) is 2.58. The number of hydrogen-bond acceptors (Lipinski definition) is 8. The lowest BCUT2D eigenvalue weighted by Crippen LogP contribution is -2.60. The SMILES string of the molecule is NCCOCCO[C@@H]1O[C@@H](C(=O)O)[C@@H](O)[C@H](O)[C@H]1O. The number of hydrogen-bond donors (Lipinski definition) is 5. The van der Waals surface area contributed by atoms with Gasteiger partial charge < -0.3 is 40.4 Å². The first kappa shape index (κ1) is 16.2. The van der Waals surface area contributed by atoms with Crippen LogP contribution in [0.4, 0.5) is 0 Å². The van der Waals surface area contributed by atoms with Crippen LogP contribution in [0.3, 0.4) is 0 Å². The van der Waals surface area contributed by atoms with E-state index in [0.29, 0.717) is 13.2 Å². The van der Waals surface area contributed by atoms with Crippen molar-refractivity contribution in [3.05, 3.63) is 0 Å². The molecule has 0 spiro atoms.